The molecule has 3 fully saturated rings. The number of halogens is 4. The highest BCUT2D eigenvalue weighted by atomic mass is 19.4. The maximum absolute atomic E-state index is 13.6. The number of hydrogen-bond acceptors (Lipinski definition) is 8. The van der Waals surface area contributed by atoms with Gasteiger partial charge in [-0.2, -0.15) is 13.2 Å². The third-order valence-electron chi connectivity index (χ3n) is 8.56. The zero-order valence-electron chi connectivity index (χ0n) is 25.5. The van der Waals surface area contributed by atoms with E-state index in [1.807, 2.05) is 32.2 Å². The second-order valence-electron chi connectivity index (χ2n) is 12.0. The quantitative estimate of drug-likeness (QED) is 0.232. The minimum Gasteiger partial charge on any atom is -0.483 e. The van der Waals surface area contributed by atoms with Gasteiger partial charge >= 0.3 is 6.18 Å². The fraction of sp³-hybridized carbons (Fsp3) is 0.438. The van der Waals surface area contributed by atoms with Gasteiger partial charge in [0.2, 0.25) is 5.88 Å². The second kappa shape index (κ2) is 13.5. The highest BCUT2D eigenvalue weighted by molar-refractivity contribution is 5.99. The van der Waals surface area contributed by atoms with Crippen LogP contribution in [0.15, 0.2) is 48.7 Å². The van der Waals surface area contributed by atoms with Crippen molar-refractivity contribution in [3.05, 3.63) is 65.7 Å². The van der Waals surface area contributed by atoms with Crippen LogP contribution in [-0.4, -0.2) is 84.3 Å². The normalized spacial score (nSPS) is 19.0. The number of carbonyl (C=O) groups excluding carboxylic acids is 1. The maximum atomic E-state index is 13.6. The average Bonchev–Trinajstić information content (AvgIpc) is 3.41. The molecule has 3 N–H and O–H groups in total. The monoisotopic (exact) mass is 644 g/mol. The predicted octanol–water partition coefficient (Wildman–Crippen LogP) is 4.92. The van der Waals surface area contributed by atoms with Gasteiger partial charge in [0, 0.05) is 49.5 Å². The molecule has 46 heavy (non-hydrogen) atoms. The Bertz CT molecular complexity index is 1560. The Kier molecular flexibility index (Phi) is 9.66. The number of rotatable bonds is 8. The highest BCUT2D eigenvalue weighted by Crippen LogP contribution is 2.49. The molecule has 2 aliphatic heterocycles. The van der Waals surface area contributed by atoms with Crippen LogP contribution in [0.1, 0.15) is 42.2 Å². The van der Waals surface area contributed by atoms with Crippen LogP contribution in [0.5, 0.6) is 5.88 Å². The molecule has 246 valence electrons. The molecular weight excluding hydrogens is 608 g/mol. The van der Waals surface area contributed by atoms with E-state index in [2.05, 4.69) is 25.4 Å². The average molecular weight is 645 g/mol. The van der Waals surface area contributed by atoms with E-state index in [1.165, 1.54) is 0 Å². The smallest absolute Gasteiger partial charge is 0.418 e. The number of amides is 1. The van der Waals surface area contributed by atoms with Crippen LogP contribution in [0.2, 0.25) is 0 Å². The van der Waals surface area contributed by atoms with Crippen molar-refractivity contribution >= 4 is 23.8 Å². The number of alkyl halides is 3. The van der Waals surface area contributed by atoms with Gasteiger partial charge in [-0.05, 0) is 75.7 Å². The first kappa shape index (κ1) is 32.9. The summed E-state index contributed by atoms with van der Waals surface area (Å²) in [5, 5.41) is 13.0. The number of aromatic nitrogens is 2. The summed E-state index contributed by atoms with van der Waals surface area (Å²) in [6.07, 6.45) is -0.805. The number of ether oxygens (including phenoxy) is 1. The van der Waals surface area contributed by atoms with E-state index >= 15 is 0 Å². The molecule has 4 heterocycles. The first-order valence-electron chi connectivity index (χ1n) is 15.0. The molecule has 2 aromatic heterocycles. The van der Waals surface area contributed by atoms with Gasteiger partial charge in [-0.1, -0.05) is 0 Å². The van der Waals surface area contributed by atoms with Crippen molar-refractivity contribution in [2.45, 2.75) is 44.4 Å². The lowest BCUT2D eigenvalue weighted by molar-refractivity contribution is -0.137. The minimum absolute atomic E-state index is 0.0469. The molecule has 1 amide bonds. The van der Waals surface area contributed by atoms with E-state index in [0.29, 0.717) is 61.4 Å². The molecule has 10 nitrogen and oxygen atoms in total. The fourth-order valence-electron chi connectivity index (χ4n) is 6.55. The summed E-state index contributed by atoms with van der Waals surface area (Å²) >= 11 is 0. The lowest BCUT2D eigenvalue weighted by atomic mass is 9.77. The zero-order valence-corrected chi connectivity index (χ0v) is 25.5. The number of carboxylic acid groups (broad SMARTS) is 1. The van der Waals surface area contributed by atoms with Crippen molar-refractivity contribution in [1.82, 2.24) is 20.2 Å². The molecule has 6 rings (SSSR count). The second-order valence-corrected chi connectivity index (χ2v) is 12.0. The number of hydrogen-bond donors (Lipinski definition) is 3. The highest BCUT2D eigenvalue weighted by Gasteiger charge is 2.49. The van der Waals surface area contributed by atoms with Crippen LogP contribution in [0, 0.1) is 11.2 Å². The summed E-state index contributed by atoms with van der Waals surface area (Å²) in [6, 6.07) is 10.0. The van der Waals surface area contributed by atoms with Gasteiger partial charge in [0.25, 0.3) is 12.4 Å². The van der Waals surface area contributed by atoms with E-state index < -0.39 is 17.6 Å². The summed E-state index contributed by atoms with van der Waals surface area (Å²) in [7, 11) is 1.99. The number of pyridine rings is 2. The largest absolute Gasteiger partial charge is 0.483 e. The molecule has 1 spiro atoms. The standard InChI is InChI=1S/C31H34F4N6O2.CH2O2/c1-3-43-29-22(5-4-12-36-29)24-8-9-26(27(39-24)28(42)38-21-15-40(2)16-21)41-17-30(18-41)11-10-20(14-30)37-25-7-6-19(32)13-23(25)31(33,34)35;2-1-3/h4-9,12-13,20-21,37H,3,10-11,14-18H2,1-2H3,(H,38,42);1H,(H,2,3). The predicted molar refractivity (Wildman–Crippen MR) is 163 cm³/mol. The van der Waals surface area contributed by atoms with Gasteiger partial charge in [-0.15, -0.1) is 0 Å². The van der Waals surface area contributed by atoms with E-state index in [0.717, 1.165) is 37.3 Å². The lowest BCUT2D eigenvalue weighted by Gasteiger charge is -2.50. The van der Waals surface area contributed by atoms with Crippen LogP contribution in [-0.2, 0) is 11.0 Å². The van der Waals surface area contributed by atoms with E-state index in [1.54, 1.807) is 12.3 Å². The summed E-state index contributed by atoms with van der Waals surface area (Å²) in [4.78, 5) is 35.3. The first-order valence-corrected chi connectivity index (χ1v) is 15.0. The number of anilines is 2. The van der Waals surface area contributed by atoms with Crippen molar-refractivity contribution < 1.29 is 37.0 Å². The van der Waals surface area contributed by atoms with Gasteiger partial charge in [0.1, 0.15) is 5.82 Å². The lowest BCUT2D eigenvalue weighted by Crippen LogP contribution is -2.58. The van der Waals surface area contributed by atoms with E-state index in [-0.39, 0.29) is 35.6 Å². The van der Waals surface area contributed by atoms with Crippen molar-refractivity contribution in [2.75, 3.05) is 50.1 Å². The van der Waals surface area contributed by atoms with E-state index in [4.69, 9.17) is 19.6 Å². The van der Waals surface area contributed by atoms with Crippen LogP contribution in [0.4, 0.5) is 28.9 Å². The molecule has 0 bridgehead atoms. The van der Waals surface area contributed by atoms with Crippen LogP contribution in [0.3, 0.4) is 0 Å². The van der Waals surface area contributed by atoms with Gasteiger partial charge in [0.05, 0.1) is 35.2 Å². The zero-order chi connectivity index (χ0) is 33.1. The van der Waals surface area contributed by atoms with Gasteiger partial charge in [-0.3, -0.25) is 9.59 Å². The number of nitrogens with zero attached hydrogens (tertiary/aromatic N) is 4. The summed E-state index contributed by atoms with van der Waals surface area (Å²) < 4.78 is 59.9. The molecule has 2 saturated heterocycles. The van der Waals surface area contributed by atoms with Crippen molar-refractivity contribution in [3.63, 3.8) is 0 Å². The van der Waals surface area contributed by atoms with Gasteiger partial charge in [0.15, 0.2) is 5.69 Å². The molecule has 3 aliphatic rings. The van der Waals surface area contributed by atoms with Crippen molar-refractivity contribution in [1.29, 1.82) is 0 Å². The fourth-order valence-corrected chi connectivity index (χ4v) is 6.55. The molecule has 1 unspecified atom stereocenters. The Morgan fingerprint density at radius 1 is 1.17 bits per heavy atom. The van der Waals surface area contributed by atoms with Crippen molar-refractivity contribution in [3.8, 4) is 17.1 Å². The summed E-state index contributed by atoms with van der Waals surface area (Å²) in [5.74, 6) is -0.726. The molecule has 1 aliphatic carbocycles. The number of likely N-dealkylation sites (N-methyl/N-ethyl adjacent to an activating group) is 1. The Morgan fingerprint density at radius 2 is 1.91 bits per heavy atom. The van der Waals surface area contributed by atoms with Crippen LogP contribution >= 0.6 is 0 Å². The molecule has 14 heteroatoms. The Labute approximate surface area is 263 Å². The molecule has 1 saturated carbocycles. The minimum atomic E-state index is -4.65. The summed E-state index contributed by atoms with van der Waals surface area (Å²) in [6.45, 7) is 4.92. The van der Waals surface area contributed by atoms with Gasteiger partial charge < -0.3 is 30.3 Å². The number of benzene rings is 1. The molecule has 1 atom stereocenters. The Morgan fingerprint density at radius 3 is 2.59 bits per heavy atom. The Hall–Kier alpha value is -4.46. The molecular formula is C32H36F4N6O4. The SMILES string of the molecule is CCOc1ncccc1-c1ccc(N2CC3(CCC(Nc4ccc(F)cc4C(F)(F)F)C3)C2)c(C(=O)NC2CN(C)C2)n1.O=CO. The third-order valence-corrected chi connectivity index (χ3v) is 8.56. The van der Waals surface area contributed by atoms with E-state index in [9.17, 15) is 22.4 Å². The topological polar surface area (TPSA) is 120 Å². The Balaban J connectivity index is 0.00000134. The number of likely N-dealkylation sites (tertiary alicyclic amines) is 1. The molecule has 1 aromatic carbocycles. The van der Waals surface area contributed by atoms with Crippen LogP contribution in [0.25, 0.3) is 11.3 Å². The van der Waals surface area contributed by atoms with Crippen molar-refractivity contribution in [2.24, 2.45) is 5.41 Å². The van der Waals surface area contributed by atoms with Crippen LogP contribution < -0.4 is 20.3 Å². The summed E-state index contributed by atoms with van der Waals surface area (Å²) in [5.41, 5.74) is 1.12. The molecule has 3 aromatic rings. The third kappa shape index (κ3) is 7.16. The van der Waals surface area contributed by atoms with Gasteiger partial charge in [-0.25, -0.2) is 14.4 Å². The number of nitrogens with one attached hydrogen (secondary N) is 2. The molecule has 0 radical (unpaired) electrons. The number of carbonyl (C=O) groups is 2. The first-order chi connectivity index (χ1) is 21.9. The maximum Gasteiger partial charge on any atom is 0.418 e.